The van der Waals surface area contributed by atoms with Crippen molar-refractivity contribution in [1.29, 1.82) is 0 Å². The second-order valence-corrected chi connectivity index (χ2v) is 2.97. The number of carboxylic acid groups (broad SMARTS) is 1. The van der Waals surface area contributed by atoms with Crippen LogP contribution in [0.3, 0.4) is 0 Å². The minimum Gasteiger partial charge on any atom is -0.481 e. The van der Waals surface area contributed by atoms with Crippen molar-refractivity contribution in [3.8, 4) is 0 Å². The fraction of sp³-hybridized carbons (Fsp3) is 0.333. The molecule has 0 spiro atoms. The second kappa shape index (κ2) is 15.5. The molecule has 0 bridgehead atoms. The van der Waals surface area contributed by atoms with Crippen LogP contribution in [0.15, 0.2) is 23.9 Å². The fourth-order valence-corrected chi connectivity index (χ4v) is 0.117. The number of carbonyl (C=O) groups excluding carboxylic acids is 1. The van der Waals surface area contributed by atoms with Crippen molar-refractivity contribution < 1.29 is 19.4 Å². The fourth-order valence-electron chi connectivity index (χ4n) is 0.117. The van der Waals surface area contributed by atoms with Crippen molar-refractivity contribution in [2.75, 3.05) is 0 Å². The van der Waals surface area contributed by atoms with E-state index in [1.54, 1.807) is 6.92 Å². The number of carboxylic acids is 1. The quantitative estimate of drug-likeness (QED) is 0.609. The predicted molar refractivity (Wildman–Crippen MR) is 60.7 cm³/mol. The van der Waals surface area contributed by atoms with Crippen molar-refractivity contribution in [3.05, 3.63) is 23.9 Å². The first kappa shape index (κ1) is 19.6. The van der Waals surface area contributed by atoms with E-state index in [1.807, 2.05) is 0 Å². The molecular weight excluding hydrogens is 243 g/mol. The zero-order valence-electron chi connectivity index (χ0n) is 8.63. The molecule has 0 amide bonds. The van der Waals surface area contributed by atoms with Gasteiger partial charge in [-0.1, -0.05) is 43.3 Å². The Morgan fingerprint density at radius 2 is 1.73 bits per heavy atom. The monoisotopic (exact) mass is 256 g/mol. The normalized spacial score (nSPS) is 6.93. The van der Waals surface area contributed by atoms with Crippen LogP contribution < -0.4 is 0 Å². The van der Waals surface area contributed by atoms with Gasteiger partial charge in [0.25, 0.3) is 0 Å². The van der Waals surface area contributed by atoms with Crippen molar-refractivity contribution in [2.24, 2.45) is 0 Å². The Bertz CT molecular complexity index is 210. The van der Waals surface area contributed by atoms with Crippen molar-refractivity contribution in [3.63, 3.8) is 0 Å². The molecular formula is C9H14Cl2O4. The maximum absolute atomic E-state index is 9.75. The first-order valence-corrected chi connectivity index (χ1v) is 4.53. The molecule has 0 unspecified atom stereocenters. The summed E-state index contributed by atoms with van der Waals surface area (Å²) in [6.07, 6.45) is 1.32. The number of hydrogen-bond donors (Lipinski definition) is 1. The van der Waals surface area contributed by atoms with E-state index in [0.29, 0.717) is 0 Å². The summed E-state index contributed by atoms with van der Waals surface area (Å²) in [4.78, 5) is 19.1. The van der Waals surface area contributed by atoms with E-state index in [4.69, 9.17) is 28.3 Å². The molecule has 0 atom stereocenters. The maximum atomic E-state index is 9.75. The predicted octanol–water partition coefficient (Wildman–Crippen LogP) is 3.11. The SMILES string of the molecule is C=C(Cl)Cl.C=COC(C)=O.CCC(=O)O. The molecule has 0 saturated carbocycles. The first-order valence-electron chi connectivity index (χ1n) is 3.77. The molecule has 1 N–H and O–H groups in total. The molecule has 0 aliphatic heterocycles. The summed E-state index contributed by atoms with van der Waals surface area (Å²) < 4.78 is 4.28. The standard InChI is InChI=1S/C4H6O2.C3H6O2.C2H2Cl2/c1-3-6-4(2)5;1-2-3(4)5;1-2(3)4/h3H,1H2,2H3;2H2,1H3,(H,4,5);1H2. The van der Waals surface area contributed by atoms with Gasteiger partial charge in [0.05, 0.1) is 10.8 Å². The molecule has 0 aliphatic carbocycles. The summed E-state index contributed by atoms with van der Waals surface area (Å²) >= 11 is 9.69. The third-order valence-electron chi connectivity index (χ3n) is 0.552. The molecule has 15 heavy (non-hydrogen) atoms. The molecule has 4 nitrogen and oxygen atoms in total. The number of halogens is 2. The highest BCUT2D eigenvalue weighted by Gasteiger charge is 1.81. The third-order valence-corrected chi connectivity index (χ3v) is 0.552. The Morgan fingerprint density at radius 3 is 1.73 bits per heavy atom. The summed E-state index contributed by atoms with van der Waals surface area (Å²) in [5, 5.41) is 7.72. The molecule has 0 rings (SSSR count). The van der Waals surface area contributed by atoms with Crippen LogP contribution >= 0.6 is 23.2 Å². The summed E-state index contributed by atoms with van der Waals surface area (Å²) in [6.45, 7) is 9.16. The van der Waals surface area contributed by atoms with Gasteiger partial charge in [0.2, 0.25) is 0 Å². The summed E-state index contributed by atoms with van der Waals surface area (Å²) in [6, 6.07) is 0. The molecule has 0 saturated heterocycles. The Kier molecular flexibility index (Phi) is 20.2. The molecule has 88 valence electrons. The minimum absolute atomic E-state index is 0.111. The second-order valence-electron chi connectivity index (χ2n) is 1.86. The molecule has 0 aromatic rings. The summed E-state index contributed by atoms with van der Waals surface area (Å²) in [5.41, 5.74) is 0. The lowest BCUT2D eigenvalue weighted by atomic mass is 10.5. The van der Waals surface area contributed by atoms with Crippen LogP contribution in [0.2, 0.25) is 0 Å². The van der Waals surface area contributed by atoms with Gasteiger partial charge in [0.1, 0.15) is 0 Å². The highest BCUT2D eigenvalue weighted by molar-refractivity contribution is 6.55. The molecule has 0 fully saturated rings. The molecule has 0 aromatic heterocycles. The van der Waals surface area contributed by atoms with Gasteiger partial charge in [0.15, 0.2) is 0 Å². The van der Waals surface area contributed by atoms with Gasteiger partial charge < -0.3 is 9.84 Å². The minimum atomic E-state index is -0.745. The number of hydrogen-bond acceptors (Lipinski definition) is 3. The van der Waals surface area contributed by atoms with E-state index >= 15 is 0 Å². The van der Waals surface area contributed by atoms with E-state index in [0.717, 1.165) is 6.26 Å². The van der Waals surface area contributed by atoms with Gasteiger partial charge in [-0.25, -0.2) is 0 Å². The lowest BCUT2D eigenvalue weighted by Crippen LogP contribution is -1.87. The topological polar surface area (TPSA) is 63.6 Å². The Hall–Kier alpha value is -1.00. The number of esters is 1. The van der Waals surface area contributed by atoms with Crippen LogP contribution in [-0.4, -0.2) is 17.0 Å². The van der Waals surface area contributed by atoms with Crippen LogP contribution in [0.4, 0.5) is 0 Å². The Balaban J connectivity index is -0.000000147. The average molecular weight is 257 g/mol. The van der Waals surface area contributed by atoms with Crippen LogP contribution in [0.25, 0.3) is 0 Å². The zero-order valence-corrected chi connectivity index (χ0v) is 10.1. The number of carbonyl (C=O) groups is 2. The van der Waals surface area contributed by atoms with Gasteiger partial charge in [-0.15, -0.1) is 0 Å². The highest BCUT2D eigenvalue weighted by atomic mass is 35.5. The number of ether oxygens (including phenoxy) is 1. The molecule has 0 radical (unpaired) electrons. The van der Waals surface area contributed by atoms with Crippen molar-refractivity contribution in [2.45, 2.75) is 20.3 Å². The molecule has 0 aromatic carbocycles. The van der Waals surface area contributed by atoms with Crippen molar-refractivity contribution in [1.82, 2.24) is 0 Å². The lowest BCUT2D eigenvalue weighted by Gasteiger charge is -1.83. The van der Waals surface area contributed by atoms with E-state index < -0.39 is 5.97 Å². The zero-order chi connectivity index (χ0) is 12.9. The van der Waals surface area contributed by atoms with Gasteiger partial charge >= 0.3 is 11.9 Å². The highest BCUT2D eigenvalue weighted by Crippen LogP contribution is 1.98. The maximum Gasteiger partial charge on any atom is 0.307 e. The van der Waals surface area contributed by atoms with Gasteiger partial charge in [0, 0.05) is 13.3 Å². The van der Waals surface area contributed by atoms with E-state index in [-0.39, 0.29) is 16.9 Å². The van der Waals surface area contributed by atoms with Gasteiger partial charge in [-0.05, 0) is 0 Å². The lowest BCUT2D eigenvalue weighted by molar-refractivity contribution is -0.137. The molecule has 0 heterocycles. The smallest absolute Gasteiger partial charge is 0.307 e. The van der Waals surface area contributed by atoms with E-state index in [2.05, 4.69) is 17.9 Å². The van der Waals surface area contributed by atoms with Crippen LogP contribution in [0, 0.1) is 0 Å². The average Bonchev–Trinajstić information content (AvgIpc) is 2.03. The molecule has 0 aliphatic rings. The number of rotatable bonds is 2. The van der Waals surface area contributed by atoms with E-state index in [1.165, 1.54) is 6.92 Å². The first-order chi connectivity index (χ1) is 6.77. The van der Waals surface area contributed by atoms with Crippen LogP contribution in [0.1, 0.15) is 20.3 Å². The third kappa shape index (κ3) is 98.3. The Morgan fingerprint density at radius 1 is 1.47 bits per heavy atom. The van der Waals surface area contributed by atoms with Crippen LogP contribution in [0.5, 0.6) is 0 Å². The molecule has 6 heteroatoms. The van der Waals surface area contributed by atoms with Crippen molar-refractivity contribution >= 4 is 35.1 Å². The largest absolute Gasteiger partial charge is 0.481 e. The van der Waals surface area contributed by atoms with Gasteiger partial charge in [-0.3, -0.25) is 9.59 Å². The van der Waals surface area contributed by atoms with E-state index in [9.17, 15) is 9.59 Å². The van der Waals surface area contributed by atoms with Gasteiger partial charge in [-0.2, -0.15) is 0 Å². The van der Waals surface area contributed by atoms with Crippen LogP contribution in [-0.2, 0) is 14.3 Å². The number of aliphatic carboxylic acids is 1. The summed E-state index contributed by atoms with van der Waals surface area (Å²) in [7, 11) is 0. The summed E-state index contributed by atoms with van der Waals surface area (Å²) in [5.74, 6) is -1.07. The Labute approximate surface area is 99.1 Å².